The van der Waals surface area contributed by atoms with E-state index in [1.54, 1.807) is 0 Å². The predicted octanol–water partition coefficient (Wildman–Crippen LogP) is 15.3. The van der Waals surface area contributed by atoms with Crippen molar-refractivity contribution in [3.63, 3.8) is 0 Å². The summed E-state index contributed by atoms with van der Waals surface area (Å²) in [5.41, 5.74) is 14.6. The molecule has 0 aliphatic heterocycles. The van der Waals surface area contributed by atoms with Gasteiger partial charge in [-0.15, -0.1) is 0 Å². The average molecular weight is 757 g/mol. The molecule has 0 fully saturated rings. The number of para-hydroxylation sites is 4. The molecule has 0 amide bonds. The molecule has 4 nitrogen and oxygen atoms in total. The number of nitriles is 1. The first kappa shape index (κ1) is 36.5. The molecule has 0 aromatic heterocycles. The molecular formula is C55H40N4. The van der Waals surface area contributed by atoms with Crippen molar-refractivity contribution >= 4 is 51.2 Å². The molecule has 280 valence electrons. The van der Waals surface area contributed by atoms with Crippen LogP contribution in [0.4, 0.5) is 51.2 Å². The van der Waals surface area contributed by atoms with Crippen LogP contribution in [0.15, 0.2) is 243 Å². The highest BCUT2D eigenvalue weighted by molar-refractivity contribution is 5.83. The number of benzene rings is 9. The van der Waals surface area contributed by atoms with Crippen LogP contribution in [0.2, 0.25) is 0 Å². The minimum atomic E-state index is 0.612. The molecule has 0 spiro atoms. The molecule has 0 radical (unpaired) electrons. The zero-order valence-electron chi connectivity index (χ0n) is 32.4. The molecule has 9 aromatic rings. The van der Waals surface area contributed by atoms with Crippen molar-refractivity contribution < 1.29 is 0 Å². The number of anilines is 9. The Bertz CT molecular complexity index is 2530. The monoisotopic (exact) mass is 756 g/mol. The summed E-state index contributed by atoms with van der Waals surface area (Å²) in [7, 11) is 0. The van der Waals surface area contributed by atoms with Crippen molar-refractivity contribution in [2.24, 2.45) is 0 Å². The Hall–Kier alpha value is -8.13. The van der Waals surface area contributed by atoms with Crippen molar-refractivity contribution in [1.82, 2.24) is 0 Å². The summed E-state index contributed by atoms with van der Waals surface area (Å²) >= 11 is 0. The van der Waals surface area contributed by atoms with Crippen LogP contribution in [0.1, 0.15) is 5.56 Å². The maximum atomic E-state index is 9.80. The van der Waals surface area contributed by atoms with E-state index < -0.39 is 0 Å². The maximum absolute atomic E-state index is 9.80. The van der Waals surface area contributed by atoms with E-state index >= 15 is 0 Å². The first-order chi connectivity index (χ1) is 29.2. The smallest absolute Gasteiger partial charge is 0.0992 e. The Labute approximate surface area is 346 Å². The van der Waals surface area contributed by atoms with E-state index in [1.165, 1.54) is 0 Å². The van der Waals surface area contributed by atoms with E-state index in [0.717, 1.165) is 73.4 Å². The fraction of sp³-hybridized carbons (Fsp3) is 0. The Balaban J connectivity index is 0.993. The van der Waals surface area contributed by atoms with Gasteiger partial charge in [-0.1, -0.05) is 127 Å². The summed E-state index contributed by atoms with van der Waals surface area (Å²) in [6.07, 6.45) is 0. The largest absolute Gasteiger partial charge is 0.311 e. The SMILES string of the molecule is N#Cc1cccc(N(c2ccc(-c3ccc(N(c4ccccc4)c4ccccc4)cc3)cc2)c2ccc(-c3ccc(N(c4ccccc4)c4ccccc4)cc3)cc2)c1. The normalized spacial score (nSPS) is 10.7. The third kappa shape index (κ3) is 7.95. The molecule has 0 bridgehead atoms. The van der Waals surface area contributed by atoms with Gasteiger partial charge in [-0.2, -0.15) is 5.26 Å². The Morgan fingerprint density at radius 2 is 0.475 bits per heavy atom. The summed E-state index contributed by atoms with van der Waals surface area (Å²) in [5.74, 6) is 0. The lowest BCUT2D eigenvalue weighted by Crippen LogP contribution is -2.10. The van der Waals surface area contributed by atoms with Crippen molar-refractivity contribution in [3.8, 4) is 28.3 Å². The Kier molecular flexibility index (Phi) is 10.5. The van der Waals surface area contributed by atoms with Crippen LogP contribution >= 0.6 is 0 Å². The lowest BCUT2D eigenvalue weighted by molar-refractivity contribution is 1.27. The molecule has 9 aromatic carbocycles. The van der Waals surface area contributed by atoms with E-state index in [9.17, 15) is 5.26 Å². The van der Waals surface area contributed by atoms with E-state index in [2.05, 4.69) is 221 Å². The molecule has 59 heavy (non-hydrogen) atoms. The fourth-order valence-corrected chi connectivity index (χ4v) is 7.58. The van der Waals surface area contributed by atoms with Crippen molar-refractivity contribution in [3.05, 3.63) is 248 Å². The van der Waals surface area contributed by atoms with Gasteiger partial charge in [0.25, 0.3) is 0 Å². The molecule has 0 N–H and O–H groups in total. The molecule has 0 saturated carbocycles. The molecule has 0 unspecified atom stereocenters. The van der Waals surface area contributed by atoms with Crippen LogP contribution in [0.5, 0.6) is 0 Å². The standard InChI is InChI=1S/C55H40N4/c56-41-42-14-13-23-55(40-42)59(53-36-28-45(29-37-53)43-24-32-51(33-25-43)57(47-15-5-1-6-16-47)48-17-7-2-8-18-48)54-38-30-46(31-39-54)44-26-34-52(35-27-44)58(49-19-9-3-10-20-49)50-21-11-4-12-22-50/h1-40H. The van der Waals surface area contributed by atoms with Crippen LogP contribution in [-0.2, 0) is 0 Å². The van der Waals surface area contributed by atoms with E-state index in [4.69, 9.17) is 0 Å². The van der Waals surface area contributed by atoms with Crippen molar-refractivity contribution in [2.75, 3.05) is 14.7 Å². The molecule has 0 aliphatic rings. The number of nitrogens with zero attached hydrogens (tertiary/aromatic N) is 4. The van der Waals surface area contributed by atoms with Crippen LogP contribution in [0, 0.1) is 11.3 Å². The molecule has 0 aliphatic carbocycles. The van der Waals surface area contributed by atoms with Crippen molar-refractivity contribution in [1.29, 1.82) is 5.26 Å². The molecular weight excluding hydrogens is 717 g/mol. The third-order valence-corrected chi connectivity index (χ3v) is 10.5. The number of hydrogen-bond donors (Lipinski definition) is 0. The van der Waals surface area contributed by atoms with Gasteiger partial charge in [-0.3, -0.25) is 0 Å². The van der Waals surface area contributed by atoms with E-state index in [-0.39, 0.29) is 0 Å². The summed E-state index contributed by atoms with van der Waals surface area (Å²) in [6.45, 7) is 0. The molecule has 4 heteroatoms. The van der Waals surface area contributed by atoms with Gasteiger partial charge in [-0.25, -0.2) is 0 Å². The first-order valence-corrected chi connectivity index (χ1v) is 19.7. The second kappa shape index (κ2) is 16.9. The zero-order valence-corrected chi connectivity index (χ0v) is 32.4. The summed E-state index contributed by atoms with van der Waals surface area (Å²) < 4.78 is 0. The maximum Gasteiger partial charge on any atom is 0.0992 e. The highest BCUT2D eigenvalue weighted by Crippen LogP contribution is 2.40. The van der Waals surface area contributed by atoms with Gasteiger partial charge >= 0.3 is 0 Å². The summed E-state index contributed by atoms with van der Waals surface area (Å²) in [4.78, 5) is 6.74. The Morgan fingerprint density at radius 1 is 0.237 bits per heavy atom. The minimum absolute atomic E-state index is 0.612. The lowest BCUT2D eigenvalue weighted by Gasteiger charge is -2.26. The summed E-state index contributed by atoms with van der Waals surface area (Å²) in [5, 5.41) is 9.80. The molecule has 0 atom stereocenters. The van der Waals surface area contributed by atoms with Crippen LogP contribution in [0.25, 0.3) is 22.3 Å². The topological polar surface area (TPSA) is 33.5 Å². The second-order valence-electron chi connectivity index (χ2n) is 14.2. The lowest BCUT2D eigenvalue weighted by atomic mass is 10.0. The fourth-order valence-electron chi connectivity index (χ4n) is 7.58. The summed E-state index contributed by atoms with van der Waals surface area (Å²) in [6, 6.07) is 86.7. The second-order valence-corrected chi connectivity index (χ2v) is 14.2. The minimum Gasteiger partial charge on any atom is -0.311 e. The highest BCUT2D eigenvalue weighted by atomic mass is 15.2. The first-order valence-electron chi connectivity index (χ1n) is 19.7. The van der Waals surface area contributed by atoms with Gasteiger partial charge < -0.3 is 14.7 Å². The van der Waals surface area contributed by atoms with Gasteiger partial charge in [-0.05, 0) is 138 Å². The van der Waals surface area contributed by atoms with E-state index in [1.807, 2.05) is 42.5 Å². The van der Waals surface area contributed by atoms with Gasteiger partial charge in [0.15, 0.2) is 0 Å². The molecule has 9 rings (SSSR count). The average Bonchev–Trinajstić information content (AvgIpc) is 3.32. The highest BCUT2D eigenvalue weighted by Gasteiger charge is 2.16. The van der Waals surface area contributed by atoms with Gasteiger partial charge in [0.05, 0.1) is 11.6 Å². The third-order valence-electron chi connectivity index (χ3n) is 10.5. The molecule has 0 heterocycles. The van der Waals surface area contributed by atoms with Gasteiger partial charge in [0, 0.05) is 51.2 Å². The van der Waals surface area contributed by atoms with Crippen LogP contribution in [0.3, 0.4) is 0 Å². The zero-order chi connectivity index (χ0) is 39.8. The van der Waals surface area contributed by atoms with Crippen LogP contribution in [-0.4, -0.2) is 0 Å². The van der Waals surface area contributed by atoms with Gasteiger partial charge in [0.2, 0.25) is 0 Å². The number of rotatable bonds is 11. The van der Waals surface area contributed by atoms with E-state index in [0.29, 0.717) is 5.56 Å². The number of hydrogen-bond acceptors (Lipinski definition) is 4. The van der Waals surface area contributed by atoms with Crippen LogP contribution < -0.4 is 14.7 Å². The van der Waals surface area contributed by atoms with Crippen molar-refractivity contribution in [2.45, 2.75) is 0 Å². The quantitative estimate of drug-likeness (QED) is 0.132. The predicted molar refractivity (Wildman–Crippen MR) is 246 cm³/mol. The van der Waals surface area contributed by atoms with Gasteiger partial charge in [0.1, 0.15) is 0 Å². The Morgan fingerprint density at radius 3 is 0.746 bits per heavy atom. The molecule has 0 saturated heterocycles.